The molecule has 2 rings (SSSR count). The normalized spacial score (nSPS) is 10.5. The molecule has 0 radical (unpaired) electrons. The van der Waals surface area contributed by atoms with Gasteiger partial charge in [-0.25, -0.2) is 0 Å². The maximum atomic E-state index is 4.42. The molecule has 0 unspecified atom stereocenters. The van der Waals surface area contributed by atoms with E-state index in [0.29, 0.717) is 0 Å². The molecule has 0 fully saturated rings. The van der Waals surface area contributed by atoms with E-state index in [1.165, 1.54) is 10.9 Å². The molecular weight excluding hydrogens is 196 g/mol. The van der Waals surface area contributed by atoms with Crippen LogP contribution < -0.4 is 5.32 Å². The Balaban J connectivity index is 2.14. The zero-order chi connectivity index (χ0) is 11.2. The summed E-state index contributed by atoms with van der Waals surface area (Å²) in [6, 6.07) is 10.4. The SMILES string of the molecule is C=CCCNCc1cccc2cccnc12. The molecule has 0 aliphatic carbocycles. The number of benzene rings is 1. The van der Waals surface area contributed by atoms with Crippen molar-refractivity contribution in [3.63, 3.8) is 0 Å². The maximum Gasteiger partial charge on any atom is 0.0746 e. The molecule has 1 N–H and O–H groups in total. The molecule has 0 aliphatic heterocycles. The average molecular weight is 212 g/mol. The van der Waals surface area contributed by atoms with Crippen molar-refractivity contribution >= 4 is 10.9 Å². The topological polar surface area (TPSA) is 24.9 Å². The van der Waals surface area contributed by atoms with Crippen LogP contribution in [-0.4, -0.2) is 11.5 Å². The number of pyridine rings is 1. The summed E-state index contributed by atoms with van der Waals surface area (Å²) in [5.74, 6) is 0. The Morgan fingerprint density at radius 1 is 1.25 bits per heavy atom. The van der Waals surface area contributed by atoms with E-state index in [0.717, 1.165) is 25.0 Å². The lowest BCUT2D eigenvalue weighted by Gasteiger charge is -2.06. The fourth-order valence-corrected chi connectivity index (χ4v) is 1.74. The lowest BCUT2D eigenvalue weighted by molar-refractivity contribution is 0.698. The smallest absolute Gasteiger partial charge is 0.0746 e. The van der Waals surface area contributed by atoms with Crippen LogP contribution in [0.3, 0.4) is 0 Å². The molecule has 0 bridgehead atoms. The molecule has 82 valence electrons. The van der Waals surface area contributed by atoms with Crippen molar-refractivity contribution in [1.29, 1.82) is 0 Å². The number of nitrogens with one attached hydrogen (secondary N) is 1. The summed E-state index contributed by atoms with van der Waals surface area (Å²) in [5.41, 5.74) is 2.35. The molecule has 16 heavy (non-hydrogen) atoms. The van der Waals surface area contributed by atoms with Gasteiger partial charge >= 0.3 is 0 Å². The quantitative estimate of drug-likeness (QED) is 0.609. The maximum absolute atomic E-state index is 4.42. The molecule has 0 saturated carbocycles. The van der Waals surface area contributed by atoms with E-state index in [-0.39, 0.29) is 0 Å². The van der Waals surface area contributed by atoms with Crippen molar-refractivity contribution in [1.82, 2.24) is 10.3 Å². The molecule has 1 aromatic heterocycles. The minimum Gasteiger partial charge on any atom is -0.312 e. The number of aromatic nitrogens is 1. The van der Waals surface area contributed by atoms with Gasteiger partial charge in [-0.05, 0) is 24.6 Å². The lowest BCUT2D eigenvalue weighted by Crippen LogP contribution is -2.14. The standard InChI is InChI=1S/C14H16N2/c1-2-3-9-15-11-13-7-4-6-12-8-5-10-16-14(12)13/h2,4-8,10,15H,1,3,9,11H2. The van der Waals surface area contributed by atoms with Crippen molar-refractivity contribution < 1.29 is 0 Å². The molecule has 1 heterocycles. The summed E-state index contributed by atoms with van der Waals surface area (Å²) in [5, 5.41) is 4.58. The van der Waals surface area contributed by atoms with Crippen LogP contribution >= 0.6 is 0 Å². The highest BCUT2D eigenvalue weighted by atomic mass is 14.8. The van der Waals surface area contributed by atoms with Crippen molar-refractivity contribution in [2.75, 3.05) is 6.54 Å². The first-order valence-corrected chi connectivity index (χ1v) is 5.56. The largest absolute Gasteiger partial charge is 0.312 e. The summed E-state index contributed by atoms with van der Waals surface area (Å²) < 4.78 is 0. The first kappa shape index (κ1) is 10.8. The second-order valence-electron chi connectivity index (χ2n) is 3.75. The Kier molecular flexibility index (Phi) is 3.67. The number of hydrogen-bond acceptors (Lipinski definition) is 2. The number of nitrogens with zero attached hydrogens (tertiary/aromatic N) is 1. The molecule has 0 atom stereocenters. The second kappa shape index (κ2) is 5.42. The minimum absolute atomic E-state index is 0.863. The van der Waals surface area contributed by atoms with Gasteiger partial charge in [0.25, 0.3) is 0 Å². The van der Waals surface area contributed by atoms with Gasteiger partial charge < -0.3 is 5.32 Å². The molecule has 2 nitrogen and oxygen atoms in total. The summed E-state index contributed by atoms with van der Waals surface area (Å²) in [7, 11) is 0. The van der Waals surface area contributed by atoms with Crippen LogP contribution in [0, 0.1) is 0 Å². The highest BCUT2D eigenvalue weighted by Crippen LogP contribution is 2.15. The molecule has 0 spiro atoms. The summed E-state index contributed by atoms with van der Waals surface area (Å²) in [6.07, 6.45) is 4.77. The van der Waals surface area contributed by atoms with Gasteiger partial charge in [0.15, 0.2) is 0 Å². The van der Waals surface area contributed by atoms with Gasteiger partial charge in [-0.3, -0.25) is 4.98 Å². The third kappa shape index (κ3) is 2.47. The zero-order valence-corrected chi connectivity index (χ0v) is 9.32. The summed E-state index contributed by atoms with van der Waals surface area (Å²) >= 11 is 0. The Morgan fingerprint density at radius 2 is 2.12 bits per heavy atom. The van der Waals surface area contributed by atoms with Crippen LogP contribution in [0.15, 0.2) is 49.2 Å². The minimum atomic E-state index is 0.863. The summed E-state index contributed by atoms with van der Waals surface area (Å²) in [4.78, 5) is 4.42. The predicted octanol–water partition coefficient (Wildman–Crippen LogP) is 2.90. The number of para-hydroxylation sites is 1. The van der Waals surface area contributed by atoms with Crippen molar-refractivity contribution in [2.24, 2.45) is 0 Å². The van der Waals surface area contributed by atoms with E-state index in [4.69, 9.17) is 0 Å². The van der Waals surface area contributed by atoms with Gasteiger partial charge in [0, 0.05) is 18.1 Å². The molecule has 0 saturated heterocycles. The highest BCUT2D eigenvalue weighted by molar-refractivity contribution is 5.81. The predicted molar refractivity (Wildman–Crippen MR) is 68.3 cm³/mol. The third-order valence-electron chi connectivity index (χ3n) is 2.56. The van der Waals surface area contributed by atoms with Gasteiger partial charge in [0.05, 0.1) is 5.52 Å². The van der Waals surface area contributed by atoms with Gasteiger partial charge in [-0.2, -0.15) is 0 Å². The van der Waals surface area contributed by atoms with Crippen LogP contribution in [0.25, 0.3) is 10.9 Å². The van der Waals surface area contributed by atoms with Crippen molar-refractivity contribution in [2.45, 2.75) is 13.0 Å². The first-order chi connectivity index (χ1) is 7.92. The molecule has 1 aromatic carbocycles. The van der Waals surface area contributed by atoms with E-state index in [1.54, 1.807) is 0 Å². The molecule has 0 amide bonds. The molecular formula is C14H16N2. The molecule has 2 aromatic rings. The van der Waals surface area contributed by atoms with Crippen LogP contribution in [-0.2, 0) is 6.54 Å². The number of rotatable bonds is 5. The van der Waals surface area contributed by atoms with Crippen LogP contribution in [0.1, 0.15) is 12.0 Å². The van der Waals surface area contributed by atoms with Crippen molar-refractivity contribution in [3.05, 3.63) is 54.7 Å². The number of fused-ring (bicyclic) bond motifs is 1. The third-order valence-corrected chi connectivity index (χ3v) is 2.56. The van der Waals surface area contributed by atoms with Gasteiger partial charge in [0.2, 0.25) is 0 Å². The van der Waals surface area contributed by atoms with Crippen LogP contribution in [0.4, 0.5) is 0 Å². The van der Waals surface area contributed by atoms with E-state index in [1.807, 2.05) is 18.3 Å². The van der Waals surface area contributed by atoms with Crippen molar-refractivity contribution in [3.8, 4) is 0 Å². The molecule has 2 heteroatoms. The van der Waals surface area contributed by atoms with Crippen LogP contribution in [0.2, 0.25) is 0 Å². The van der Waals surface area contributed by atoms with Gasteiger partial charge in [-0.1, -0.05) is 30.3 Å². The Morgan fingerprint density at radius 3 is 3.00 bits per heavy atom. The monoisotopic (exact) mass is 212 g/mol. The summed E-state index contributed by atoms with van der Waals surface area (Å²) in [6.45, 7) is 5.53. The van der Waals surface area contributed by atoms with Crippen LogP contribution in [0.5, 0.6) is 0 Å². The zero-order valence-electron chi connectivity index (χ0n) is 9.32. The van der Waals surface area contributed by atoms with E-state index in [2.05, 4.69) is 41.1 Å². The van der Waals surface area contributed by atoms with E-state index >= 15 is 0 Å². The Bertz CT molecular complexity index is 472. The van der Waals surface area contributed by atoms with E-state index in [9.17, 15) is 0 Å². The number of hydrogen-bond donors (Lipinski definition) is 1. The fourth-order valence-electron chi connectivity index (χ4n) is 1.74. The first-order valence-electron chi connectivity index (χ1n) is 5.56. The van der Waals surface area contributed by atoms with Gasteiger partial charge in [-0.15, -0.1) is 6.58 Å². The second-order valence-corrected chi connectivity index (χ2v) is 3.75. The Hall–Kier alpha value is -1.67. The fraction of sp³-hybridized carbons (Fsp3) is 0.214. The average Bonchev–Trinajstić information content (AvgIpc) is 2.35. The molecule has 0 aliphatic rings. The lowest BCUT2D eigenvalue weighted by atomic mass is 10.1. The highest BCUT2D eigenvalue weighted by Gasteiger charge is 2.00. The van der Waals surface area contributed by atoms with Gasteiger partial charge in [0.1, 0.15) is 0 Å². The Labute approximate surface area is 96.0 Å². The van der Waals surface area contributed by atoms with E-state index < -0.39 is 0 Å².